The van der Waals surface area contributed by atoms with Crippen LogP contribution in [0.3, 0.4) is 0 Å². The number of fused-ring (bicyclic) bond motifs is 1. The Balaban J connectivity index is 2.22. The van der Waals surface area contributed by atoms with Crippen LogP contribution in [0, 0.1) is 0 Å². The molecule has 0 radical (unpaired) electrons. The van der Waals surface area contributed by atoms with Crippen LogP contribution in [-0.4, -0.2) is 26.9 Å². The van der Waals surface area contributed by atoms with Gasteiger partial charge in [0.25, 0.3) is 0 Å². The zero-order valence-electron chi connectivity index (χ0n) is 10.4. The van der Waals surface area contributed by atoms with Gasteiger partial charge in [-0.05, 0) is 23.4 Å². The van der Waals surface area contributed by atoms with E-state index < -0.39 is 11.5 Å². The molecule has 1 heterocycles. The molecule has 3 nitrogen and oxygen atoms in total. The summed E-state index contributed by atoms with van der Waals surface area (Å²) in [6.07, 6.45) is 1.48. The van der Waals surface area contributed by atoms with Crippen LogP contribution in [0.2, 0.25) is 0 Å². The van der Waals surface area contributed by atoms with Crippen LogP contribution in [0.15, 0.2) is 30.5 Å². The summed E-state index contributed by atoms with van der Waals surface area (Å²) < 4.78 is 38.0. The molecule has 0 spiro atoms. The van der Waals surface area contributed by atoms with E-state index >= 15 is 0 Å². The number of alkyl halides is 3. The van der Waals surface area contributed by atoms with Gasteiger partial charge in [0.15, 0.2) is 0 Å². The molecule has 1 N–H and O–H groups in total. The monoisotopic (exact) mass is 303 g/mol. The van der Waals surface area contributed by atoms with Gasteiger partial charge < -0.3 is 9.67 Å². The van der Waals surface area contributed by atoms with Gasteiger partial charge >= 0.3 is 11.5 Å². The van der Waals surface area contributed by atoms with E-state index in [9.17, 15) is 18.0 Å². The number of thioether (sulfide) groups is 1. The van der Waals surface area contributed by atoms with Crippen LogP contribution in [0.5, 0.6) is 0 Å². The van der Waals surface area contributed by atoms with Gasteiger partial charge in [0.2, 0.25) is 0 Å². The highest BCUT2D eigenvalue weighted by atomic mass is 32.2. The number of nitrogens with zero attached hydrogens (tertiary/aromatic N) is 1. The van der Waals surface area contributed by atoms with Crippen molar-refractivity contribution in [1.29, 1.82) is 0 Å². The van der Waals surface area contributed by atoms with E-state index in [1.165, 1.54) is 0 Å². The van der Waals surface area contributed by atoms with E-state index in [4.69, 9.17) is 5.11 Å². The molecule has 20 heavy (non-hydrogen) atoms. The van der Waals surface area contributed by atoms with Crippen LogP contribution in [0.1, 0.15) is 5.56 Å². The Morgan fingerprint density at radius 3 is 2.65 bits per heavy atom. The molecule has 0 amide bonds. The fourth-order valence-electron chi connectivity index (χ4n) is 2.07. The molecule has 2 aromatic rings. The maximum atomic E-state index is 12.1. The number of rotatable bonds is 5. The van der Waals surface area contributed by atoms with Gasteiger partial charge in [-0.25, -0.2) is 0 Å². The van der Waals surface area contributed by atoms with Gasteiger partial charge in [0, 0.05) is 29.4 Å². The Morgan fingerprint density at radius 2 is 2.00 bits per heavy atom. The number of para-hydroxylation sites is 1. The smallest absolute Gasteiger partial charge is 0.441 e. The van der Waals surface area contributed by atoms with Gasteiger partial charge in [0.05, 0.1) is 6.42 Å². The summed E-state index contributed by atoms with van der Waals surface area (Å²) in [5.74, 6) is -1.06. The van der Waals surface area contributed by atoms with E-state index in [1.54, 1.807) is 35.0 Å². The summed E-state index contributed by atoms with van der Waals surface area (Å²) >= 11 is -0.0770. The maximum Gasteiger partial charge on any atom is 0.441 e. The average Bonchev–Trinajstić information content (AvgIpc) is 2.66. The van der Waals surface area contributed by atoms with Gasteiger partial charge in [-0.2, -0.15) is 13.2 Å². The second-order valence-electron chi connectivity index (χ2n) is 4.23. The van der Waals surface area contributed by atoms with Gasteiger partial charge in [-0.15, -0.1) is 0 Å². The van der Waals surface area contributed by atoms with Gasteiger partial charge in [-0.1, -0.05) is 18.2 Å². The fraction of sp³-hybridized carbons (Fsp3) is 0.308. The minimum Gasteiger partial charge on any atom is -0.481 e. The summed E-state index contributed by atoms with van der Waals surface area (Å²) in [5, 5.41) is 9.63. The number of aryl methyl sites for hydroxylation is 1. The van der Waals surface area contributed by atoms with E-state index in [1.807, 2.05) is 0 Å². The molecule has 0 aliphatic rings. The standard InChI is InChI=1S/C13H12F3NO2S/c14-13(15,16)20-6-5-17-8-9(7-12(18)19)10-3-1-2-4-11(10)17/h1-4,8H,5-7H2,(H,18,19). The third-order valence-corrected chi connectivity index (χ3v) is 3.52. The second-order valence-corrected chi connectivity index (χ2v) is 5.39. The number of aromatic nitrogens is 1. The molecule has 7 heteroatoms. The van der Waals surface area contributed by atoms with Crippen LogP contribution < -0.4 is 0 Å². The molecule has 0 bridgehead atoms. The summed E-state index contributed by atoms with van der Waals surface area (Å²) in [4.78, 5) is 10.8. The number of benzene rings is 1. The number of carboxylic acids is 1. The van der Waals surface area contributed by atoms with E-state index in [0.29, 0.717) is 5.56 Å². The predicted octanol–water partition coefficient (Wildman–Crippen LogP) is 3.52. The number of hydrogen-bond acceptors (Lipinski definition) is 2. The third kappa shape index (κ3) is 3.69. The van der Waals surface area contributed by atoms with E-state index in [0.717, 1.165) is 10.9 Å². The number of carbonyl (C=O) groups is 1. The van der Waals surface area contributed by atoms with Crippen molar-refractivity contribution in [2.45, 2.75) is 18.5 Å². The molecule has 1 aromatic heterocycles. The quantitative estimate of drug-likeness (QED) is 0.919. The SMILES string of the molecule is O=C(O)Cc1cn(CCSC(F)(F)F)c2ccccc12. The normalized spacial score (nSPS) is 11.9. The van der Waals surface area contributed by atoms with Gasteiger partial charge in [0.1, 0.15) is 0 Å². The van der Waals surface area contributed by atoms with Crippen molar-refractivity contribution in [3.8, 4) is 0 Å². The average molecular weight is 303 g/mol. The Hall–Kier alpha value is -1.63. The molecule has 2 rings (SSSR count). The van der Waals surface area contributed by atoms with Crippen molar-refractivity contribution in [2.75, 3.05) is 5.75 Å². The zero-order valence-corrected chi connectivity index (χ0v) is 11.2. The van der Waals surface area contributed by atoms with Crippen molar-refractivity contribution in [1.82, 2.24) is 4.57 Å². The molecule has 0 atom stereocenters. The number of hydrogen-bond donors (Lipinski definition) is 1. The number of carboxylic acid groups (broad SMARTS) is 1. The van der Waals surface area contributed by atoms with Gasteiger partial charge in [-0.3, -0.25) is 4.79 Å². The Bertz CT molecular complexity index is 622. The first-order valence-corrected chi connectivity index (χ1v) is 6.84. The number of halogens is 3. The molecule has 0 unspecified atom stereocenters. The minimum atomic E-state index is -4.24. The second kappa shape index (κ2) is 5.78. The van der Waals surface area contributed by atoms with E-state index in [-0.39, 0.29) is 30.5 Å². The molecule has 0 saturated heterocycles. The fourth-order valence-corrected chi connectivity index (χ4v) is 2.59. The topological polar surface area (TPSA) is 42.2 Å². The summed E-state index contributed by atoms with van der Waals surface area (Å²) in [6, 6.07) is 7.11. The molecule has 1 aromatic carbocycles. The van der Waals surface area contributed by atoms with Crippen molar-refractivity contribution in [2.24, 2.45) is 0 Å². The molecular weight excluding hydrogens is 291 g/mol. The lowest BCUT2D eigenvalue weighted by Crippen LogP contribution is -2.06. The summed E-state index contributed by atoms with van der Waals surface area (Å²) in [6.45, 7) is 0.185. The molecule has 0 aliphatic heterocycles. The Labute approximate surface area is 117 Å². The highest BCUT2D eigenvalue weighted by Crippen LogP contribution is 2.30. The first-order chi connectivity index (χ1) is 9.37. The molecular formula is C13H12F3NO2S. The first kappa shape index (κ1) is 14.8. The van der Waals surface area contributed by atoms with Crippen LogP contribution in [0.4, 0.5) is 13.2 Å². The van der Waals surface area contributed by atoms with E-state index in [2.05, 4.69) is 0 Å². The minimum absolute atomic E-state index is 0.0770. The first-order valence-electron chi connectivity index (χ1n) is 5.86. The summed E-state index contributed by atoms with van der Waals surface area (Å²) in [7, 11) is 0. The largest absolute Gasteiger partial charge is 0.481 e. The summed E-state index contributed by atoms with van der Waals surface area (Å²) in [5.41, 5.74) is -2.87. The third-order valence-electron chi connectivity index (χ3n) is 2.81. The van der Waals surface area contributed by atoms with Crippen molar-refractivity contribution >= 4 is 28.6 Å². The van der Waals surface area contributed by atoms with Crippen LogP contribution in [0.25, 0.3) is 10.9 Å². The Morgan fingerprint density at radius 1 is 1.30 bits per heavy atom. The van der Waals surface area contributed by atoms with Crippen molar-refractivity contribution in [3.63, 3.8) is 0 Å². The zero-order chi connectivity index (χ0) is 14.8. The van der Waals surface area contributed by atoms with Crippen molar-refractivity contribution < 1.29 is 23.1 Å². The predicted molar refractivity (Wildman–Crippen MR) is 71.8 cm³/mol. The lowest BCUT2D eigenvalue weighted by Gasteiger charge is -2.07. The highest BCUT2D eigenvalue weighted by molar-refractivity contribution is 8.00. The lowest BCUT2D eigenvalue weighted by molar-refractivity contribution is -0.136. The molecule has 0 aliphatic carbocycles. The Kier molecular flexibility index (Phi) is 4.27. The van der Waals surface area contributed by atoms with Crippen LogP contribution in [-0.2, 0) is 17.8 Å². The lowest BCUT2D eigenvalue weighted by atomic mass is 10.1. The van der Waals surface area contributed by atoms with Crippen molar-refractivity contribution in [3.05, 3.63) is 36.0 Å². The number of aliphatic carboxylic acids is 1. The molecule has 0 saturated carbocycles. The molecule has 108 valence electrons. The van der Waals surface area contributed by atoms with Crippen LogP contribution >= 0.6 is 11.8 Å². The molecule has 0 fully saturated rings. The highest BCUT2D eigenvalue weighted by Gasteiger charge is 2.27. The maximum absolute atomic E-state index is 12.1.